The molecular weight excluding hydrogens is 174 g/mol. The van der Waals surface area contributed by atoms with E-state index < -0.39 is 11.7 Å². The number of carboxylic acid groups (broad SMARTS) is 1. The van der Waals surface area contributed by atoms with E-state index in [0.717, 1.165) is 0 Å². The molecule has 0 amide bonds. The minimum Gasteiger partial charge on any atom is -0.503 e. The zero-order chi connectivity index (χ0) is 9.42. The highest BCUT2D eigenvalue weighted by atomic mass is 16.4. The van der Waals surface area contributed by atoms with E-state index in [1.165, 1.54) is 12.3 Å². The Bertz CT molecular complexity index is 474. The van der Waals surface area contributed by atoms with Gasteiger partial charge in [-0.1, -0.05) is 0 Å². The average Bonchev–Trinajstić information content (AvgIpc) is 2.45. The van der Waals surface area contributed by atoms with Crippen LogP contribution in [0, 0.1) is 0 Å². The highest BCUT2D eigenvalue weighted by Gasteiger charge is 2.19. The fraction of sp³-hybridized carbons (Fsp3) is 0. The number of pyridine rings is 1. The molecule has 0 bridgehead atoms. The molecule has 5 nitrogen and oxygen atoms in total. The van der Waals surface area contributed by atoms with E-state index in [4.69, 9.17) is 9.52 Å². The number of carbonyl (C=O) groups is 1. The van der Waals surface area contributed by atoms with Crippen LogP contribution in [0.15, 0.2) is 22.7 Å². The number of carboxylic acids is 1. The van der Waals surface area contributed by atoms with Crippen LogP contribution >= 0.6 is 0 Å². The van der Waals surface area contributed by atoms with E-state index in [1.54, 1.807) is 6.07 Å². The van der Waals surface area contributed by atoms with Gasteiger partial charge in [-0.05, 0) is 12.1 Å². The SMILES string of the molecule is O=C(O)c1oc2ncccc2c1O. The molecule has 0 aliphatic carbocycles. The van der Waals surface area contributed by atoms with Crippen LogP contribution in [0.2, 0.25) is 0 Å². The van der Waals surface area contributed by atoms with Crippen LogP contribution in [0.25, 0.3) is 11.1 Å². The zero-order valence-corrected chi connectivity index (χ0v) is 6.39. The van der Waals surface area contributed by atoms with Crippen molar-refractivity contribution in [2.75, 3.05) is 0 Å². The standard InChI is InChI=1S/C8H5NO4/c10-5-4-2-1-3-9-7(4)13-6(5)8(11)12/h1-3,10H,(H,11,12). The van der Waals surface area contributed by atoms with Gasteiger partial charge in [0.2, 0.25) is 5.71 Å². The van der Waals surface area contributed by atoms with Crippen LogP contribution in [0.1, 0.15) is 10.6 Å². The number of furan rings is 1. The highest BCUT2D eigenvalue weighted by molar-refractivity contribution is 5.96. The zero-order valence-electron chi connectivity index (χ0n) is 6.39. The first-order valence-corrected chi connectivity index (χ1v) is 3.50. The van der Waals surface area contributed by atoms with Crippen molar-refractivity contribution in [3.05, 3.63) is 24.1 Å². The maximum atomic E-state index is 10.5. The smallest absolute Gasteiger partial charge is 0.375 e. The van der Waals surface area contributed by atoms with Gasteiger partial charge in [0.05, 0.1) is 5.39 Å². The molecule has 2 heterocycles. The average molecular weight is 179 g/mol. The van der Waals surface area contributed by atoms with Gasteiger partial charge in [0.25, 0.3) is 5.76 Å². The topological polar surface area (TPSA) is 83.6 Å². The first kappa shape index (κ1) is 7.60. The molecule has 0 saturated heterocycles. The number of hydrogen-bond acceptors (Lipinski definition) is 4. The lowest BCUT2D eigenvalue weighted by Crippen LogP contribution is -1.92. The van der Waals surface area contributed by atoms with Crippen molar-refractivity contribution in [2.45, 2.75) is 0 Å². The summed E-state index contributed by atoms with van der Waals surface area (Å²) in [4.78, 5) is 14.3. The van der Waals surface area contributed by atoms with Crippen LogP contribution in [-0.2, 0) is 0 Å². The summed E-state index contributed by atoms with van der Waals surface area (Å²) in [5, 5.41) is 18.2. The number of aromatic carboxylic acids is 1. The predicted octanol–water partition coefficient (Wildman–Crippen LogP) is 1.23. The molecule has 2 N–H and O–H groups in total. The van der Waals surface area contributed by atoms with Gasteiger partial charge in [-0.15, -0.1) is 0 Å². The summed E-state index contributed by atoms with van der Waals surface area (Å²) in [6, 6.07) is 3.12. The third-order valence-corrected chi connectivity index (χ3v) is 1.63. The van der Waals surface area contributed by atoms with E-state index in [2.05, 4.69) is 4.98 Å². The molecule has 0 unspecified atom stereocenters. The van der Waals surface area contributed by atoms with Crippen molar-refractivity contribution in [1.29, 1.82) is 0 Å². The maximum absolute atomic E-state index is 10.5. The summed E-state index contributed by atoms with van der Waals surface area (Å²) in [6.45, 7) is 0. The second kappa shape index (κ2) is 2.48. The Hall–Kier alpha value is -2.04. The molecule has 0 spiro atoms. The molecule has 13 heavy (non-hydrogen) atoms. The molecule has 0 aliphatic heterocycles. The number of fused-ring (bicyclic) bond motifs is 1. The van der Waals surface area contributed by atoms with Crippen LogP contribution in [0.4, 0.5) is 0 Å². The number of nitrogens with zero attached hydrogens (tertiary/aromatic N) is 1. The Morgan fingerprint density at radius 1 is 1.54 bits per heavy atom. The molecule has 0 atom stereocenters. The Kier molecular flexibility index (Phi) is 1.45. The van der Waals surface area contributed by atoms with Crippen LogP contribution in [0.5, 0.6) is 5.75 Å². The van der Waals surface area contributed by atoms with Crippen molar-refractivity contribution in [3.63, 3.8) is 0 Å². The van der Waals surface area contributed by atoms with Gasteiger partial charge in [0.1, 0.15) is 0 Å². The third-order valence-electron chi connectivity index (χ3n) is 1.63. The molecule has 66 valence electrons. The lowest BCUT2D eigenvalue weighted by molar-refractivity contribution is 0.0660. The van der Waals surface area contributed by atoms with E-state index in [-0.39, 0.29) is 11.5 Å². The monoisotopic (exact) mass is 179 g/mol. The van der Waals surface area contributed by atoms with E-state index in [9.17, 15) is 9.90 Å². The summed E-state index contributed by atoms with van der Waals surface area (Å²) < 4.78 is 4.80. The number of aromatic hydroxyl groups is 1. The first-order chi connectivity index (χ1) is 6.20. The quantitative estimate of drug-likeness (QED) is 0.687. The highest BCUT2D eigenvalue weighted by Crippen LogP contribution is 2.29. The Morgan fingerprint density at radius 2 is 2.31 bits per heavy atom. The summed E-state index contributed by atoms with van der Waals surface area (Å²) in [5.41, 5.74) is 0.123. The Morgan fingerprint density at radius 3 is 2.92 bits per heavy atom. The first-order valence-electron chi connectivity index (χ1n) is 3.50. The summed E-state index contributed by atoms with van der Waals surface area (Å²) in [5.74, 6) is -2.17. The van der Waals surface area contributed by atoms with Crippen molar-refractivity contribution in [1.82, 2.24) is 4.98 Å². The Labute approximate surface area is 72.2 Å². The normalized spacial score (nSPS) is 10.5. The van der Waals surface area contributed by atoms with Gasteiger partial charge >= 0.3 is 5.97 Å². The fourth-order valence-electron chi connectivity index (χ4n) is 1.06. The van der Waals surface area contributed by atoms with Crippen molar-refractivity contribution < 1.29 is 19.4 Å². The minimum atomic E-state index is -1.31. The lowest BCUT2D eigenvalue weighted by Gasteiger charge is -1.85. The fourth-order valence-corrected chi connectivity index (χ4v) is 1.06. The van der Waals surface area contributed by atoms with Gasteiger partial charge in [0, 0.05) is 6.20 Å². The Balaban J connectivity index is 2.81. The largest absolute Gasteiger partial charge is 0.503 e. The van der Waals surface area contributed by atoms with Gasteiger partial charge in [-0.25, -0.2) is 9.78 Å². The second-order valence-electron chi connectivity index (χ2n) is 2.44. The lowest BCUT2D eigenvalue weighted by atomic mass is 10.3. The van der Waals surface area contributed by atoms with Crippen LogP contribution in [0.3, 0.4) is 0 Å². The van der Waals surface area contributed by atoms with E-state index in [0.29, 0.717) is 5.39 Å². The van der Waals surface area contributed by atoms with Gasteiger partial charge < -0.3 is 14.6 Å². The maximum Gasteiger partial charge on any atom is 0.375 e. The molecule has 0 radical (unpaired) electrons. The summed E-state index contributed by atoms with van der Waals surface area (Å²) in [6.07, 6.45) is 1.46. The van der Waals surface area contributed by atoms with Gasteiger partial charge in [-0.3, -0.25) is 0 Å². The summed E-state index contributed by atoms with van der Waals surface area (Å²) >= 11 is 0. The molecule has 5 heteroatoms. The third kappa shape index (κ3) is 1.01. The van der Waals surface area contributed by atoms with Crippen LogP contribution < -0.4 is 0 Å². The molecule has 2 rings (SSSR count). The molecule has 0 aromatic carbocycles. The molecular formula is C8H5NO4. The van der Waals surface area contributed by atoms with Crippen LogP contribution in [-0.4, -0.2) is 21.2 Å². The van der Waals surface area contributed by atoms with Crippen molar-refractivity contribution >= 4 is 17.1 Å². The van der Waals surface area contributed by atoms with Crippen molar-refractivity contribution in [2.24, 2.45) is 0 Å². The number of hydrogen-bond donors (Lipinski definition) is 2. The summed E-state index contributed by atoms with van der Waals surface area (Å²) in [7, 11) is 0. The molecule has 2 aromatic heterocycles. The molecule has 0 aliphatic rings. The minimum absolute atomic E-state index is 0.123. The van der Waals surface area contributed by atoms with Gasteiger partial charge in [-0.2, -0.15) is 0 Å². The molecule has 2 aromatic rings. The number of aromatic nitrogens is 1. The second-order valence-corrected chi connectivity index (χ2v) is 2.44. The van der Waals surface area contributed by atoms with Gasteiger partial charge in [0.15, 0.2) is 5.75 Å². The van der Waals surface area contributed by atoms with E-state index in [1.807, 2.05) is 0 Å². The number of rotatable bonds is 1. The van der Waals surface area contributed by atoms with Crippen molar-refractivity contribution in [3.8, 4) is 5.75 Å². The van der Waals surface area contributed by atoms with E-state index >= 15 is 0 Å². The molecule has 0 saturated carbocycles. The molecule has 0 fully saturated rings. The predicted molar refractivity (Wildman–Crippen MR) is 42.6 cm³/mol.